The lowest BCUT2D eigenvalue weighted by molar-refractivity contribution is -0.0130. The van der Waals surface area contributed by atoms with Gasteiger partial charge in [0.25, 0.3) is 6.43 Å². The van der Waals surface area contributed by atoms with E-state index < -0.39 is 19.3 Å². The highest BCUT2D eigenvalue weighted by Crippen LogP contribution is 2.40. The van der Waals surface area contributed by atoms with Crippen molar-refractivity contribution in [1.82, 2.24) is 9.88 Å². The van der Waals surface area contributed by atoms with Crippen molar-refractivity contribution in [3.8, 4) is 5.75 Å². The molecule has 2 unspecified atom stereocenters. The molecule has 26 heavy (non-hydrogen) atoms. The molecule has 0 bridgehead atoms. The highest BCUT2D eigenvalue weighted by atomic mass is 19.3. The van der Waals surface area contributed by atoms with Crippen LogP contribution in [0, 0.1) is 0 Å². The number of nitrogen functional groups attached to an aromatic ring is 1. The van der Waals surface area contributed by atoms with Crippen molar-refractivity contribution < 1.29 is 18.6 Å². The topological polar surface area (TPSA) is 97.6 Å². The number of aromatic nitrogens is 1. The number of pyridine rings is 1. The van der Waals surface area contributed by atoms with Gasteiger partial charge in [0.15, 0.2) is 0 Å². The Labute approximate surface area is 150 Å². The Morgan fingerprint density at radius 1 is 1.38 bits per heavy atom. The lowest BCUT2D eigenvalue weighted by Crippen LogP contribution is -2.25. The summed E-state index contributed by atoms with van der Waals surface area (Å²) in [4.78, 5) is 5.96. The number of ether oxygens (including phenoxy) is 1. The summed E-state index contributed by atoms with van der Waals surface area (Å²) in [6.45, 7) is 1.92. The van der Waals surface area contributed by atoms with E-state index in [1.807, 2.05) is 17.9 Å². The van der Waals surface area contributed by atoms with E-state index in [0.717, 1.165) is 16.7 Å². The number of nitrogens with two attached hydrogens (primary N) is 2. The van der Waals surface area contributed by atoms with Crippen LogP contribution in [-0.2, 0) is 13.1 Å². The average Bonchev–Trinajstić information content (AvgIpc) is 2.97. The second kappa shape index (κ2) is 7.53. The predicted molar refractivity (Wildman–Crippen MR) is 93.4 cm³/mol. The standard InChI is InChI=1S/C18H22F2N4O2/c1-10(24-8-14-13(18(24)25)4-5-23-17(14)22)11-2-3-15(12(6-11)7-21)26-9-16(19)20/h2-6,10,16,18,25H,7-9,21H2,1H3,(H2,22,23). The smallest absolute Gasteiger partial charge is 0.272 e. The third kappa shape index (κ3) is 3.48. The molecule has 2 atom stereocenters. The first-order valence-corrected chi connectivity index (χ1v) is 8.33. The number of halogens is 2. The van der Waals surface area contributed by atoms with Gasteiger partial charge in [0.1, 0.15) is 24.4 Å². The van der Waals surface area contributed by atoms with Gasteiger partial charge in [0.05, 0.1) is 0 Å². The van der Waals surface area contributed by atoms with Crippen molar-refractivity contribution in [2.75, 3.05) is 12.3 Å². The Hall–Kier alpha value is -2.29. The molecule has 0 spiro atoms. The third-order valence-electron chi connectivity index (χ3n) is 4.71. The van der Waals surface area contributed by atoms with Crippen LogP contribution in [0.1, 0.15) is 41.4 Å². The summed E-state index contributed by atoms with van der Waals surface area (Å²) >= 11 is 0. The Balaban J connectivity index is 1.82. The molecule has 3 rings (SSSR count). The molecule has 2 heterocycles. The summed E-state index contributed by atoms with van der Waals surface area (Å²) in [5, 5.41) is 10.6. The fraction of sp³-hybridized carbons (Fsp3) is 0.389. The number of alkyl halides is 2. The van der Waals surface area contributed by atoms with Gasteiger partial charge in [-0.05, 0) is 30.7 Å². The summed E-state index contributed by atoms with van der Waals surface area (Å²) in [7, 11) is 0. The highest BCUT2D eigenvalue weighted by Gasteiger charge is 2.34. The van der Waals surface area contributed by atoms with Gasteiger partial charge >= 0.3 is 0 Å². The van der Waals surface area contributed by atoms with Crippen LogP contribution in [0.3, 0.4) is 0 Å². The molecule has 6 nitrogen and oxygen atoms in total. The second-order valence-electron chi connectivity index (χ2n) is 6.26. The van der Waals surface area contributed by atoms with E-state index in [1.165, 1.54) is 0 Å². The molecule has 1 aliphatic rings. The fourth-order valence-electron chi connectivity index (χ4n) is 3.24. The number of hydrogen-bond acceptors (Lipinski definition) is 6. The van der Waals surface area contributed by atoms with E-state index in [2.05, 4.69) is 4.98 Å². The van der Waals surface area contributed by atoms with Crippen LogP contribution >= 0.6 is 0 Å². The molecule has 0 amide bonds. The summed E-state index contributed by atoms with van der Waals surface area (Å²) in [5.74, 6) is 0.761. The van der Waals surface area contributed by atoms with Gasteiger partial charge in [0, 0.05) is 42.0 Å². The first-order chi connectivity index (χ1) is 12.4. The molecular formula is C18H22F2N4O2. The molecule has 0 saturated heterocycles. The maximum atomic E-state index is 12.4. The van der Waals surface area contributed by atoms with Crippen LogP contribution in [0.2, 0.25) is 0 Å². The van der Waals surface area contributed by atoms with E-state index in [4.69, 9.17) is 16.2 Å². The lowest BCUT2D eigenvalue weighted by atomic mass is 10.0. The van der Waals surface area contributed by atoms with Crippen LogP contribution in [0.5, 0.6) is 5.75 Å². The number of benzene rings is 1. The molecule has 0 saturated carbocycles. The van der Waals surface area contributed by atoms with Crippen molar-refractivity contribution >= 4 is 5.82 Å². The van der Waals surface area contributed by atoms with Gasteiger partial charge in [-0.25, -0.2) is 13.8 Å². The maximum absolute atomic E-state index is 12.4. The molecule has 5 N–H and O–H groups in total. The van der Waals surface area contributed by atoms with Gasteiger partial charge in [-0.15, -0.1) is 0 Å². The Bertz CT molecular complexity index is 788. The molecule has 1 aromatic heterocycles. The summed E-state index contributed by atoms with van der Waals surface area (Å²) in [6, 6.07) is 6.87. The minimum atomic E-state index is -2.54. The second-order valence-corrected chi connectivity index (χ2v) is 6.26. The monoisotopic (exact) mass is 364 g/mol. The molecule has 2 aromatic rings. The van der Waals surface area contributed by atoms with Gasteiger partial charge < -0.3 is 21.3 Å². The van der Waals surface area contributed by atoms with Crippen LogP contribution < -0.4 is 16.2 Å². The maximum Gasteiger partial charge on any atom is 0.272 e. The van der Waals surface area contributed by atoms with Crippen LogP contribution in [0.4, 0.5) is 14.6 Å². The molecule has 1 aliphatic heterocycles. The molecular weight excluding hydrogens is 342 g/mol. The Morgan fingerprint density at radius 3 is 2.81 bits per heavy atom. The zero-order valence-corrected chi connectivity index (χ0v) is 14.4. The molecule has 140 valence electrons. The minimum Gasteiger partial charge on any atom is -0.487 e. The number of rotatable bonds is 6. The molecule has 0 fully saturated rings. The molecule has 8 heteroatoms. The largest absolute Gasteiger partial charge is 0.487 e. The van der Waals surface area contributed by atoms with Crippen LogP contribution in [0.25, 0.3) is 0 Å². The molecule has 1 aromatic carbocycles. The van der Waals surface area contributed by atoms with E-state index in [0.29, 0.717) is 23.7 Å². The van der Waals surface area contributed by atoms with Gasteiger partial charge in [-0.2, -0.15) is 0 Å². The molecule has 0 aliphatic carbocycles. The van der Waals surface area contributed by atoms with Crippen LogP contribution in [0.15, 0.2) is 30.5 Å². The first-order valence-electron chi connectivity index (χ1n) is 8.33. The average molecular weight is 364 g/mol. The van der Waals surface area contributed by atoms with Crippen molar-refractivity contribution in [3.63, 3.8) is 0 Å². The number of fused-ring (bicyclic) bond motifs is 1. The molecule has 0 radical (unpaired) electrons. The van der Waals surface area contributed by atoms with E-state index in [9.17, 15) is 13.9 Å². The number of aliphatic hydroxyl groups excluding tert-OH is 1. The quantitative estimate of drug-likeness (QED) is 0.728. The number of nitrogens with zero attached hydrogens (tertiary/aromatic N) is 2. The highest BCUT2D eigenvalue weighted by molar-refractivity contribution is 5.48. The third-order valence-corrected chi connectivity index (χ3v) is 4.71. The van der Waals surface area contributed by atoms with Crippen molar-refractivity contribution in [2.24, 2.45) is 5.73 Å². The Kier molecular flexibility index (Phi) is 5.36. The van der Waals surface area contributed by atoms with Crippen molar-refractivity contribution in [3.05, 3.63) is 52.7 Å². The number of hydrogen-bond donors (Lipinski definition) is 3. The summed E-state index contributed by atoms with van der Waals surface area (Å²) < 4.78 is 29.9. The SMILES string of the molecule is CC(c1ccc(OCC(F)F)c(CN)c1)N1Cc2c(ccnc2N)C1O. The lowest BCUT2D eigenvalue weighted by Gasteiger charge is -2.28. The van der Waals surface area contributed by atoms with E-state index in [-0.39, 0.29) is 12.6 Å². The van der Waals surface area contributed by atoms with Gasteiger partial charge in [-0.3, -0.25) is 4.90 Å². The Morgan fingerprint density at radius 2 is 2.15 bits per heavy atom. The van der Waals surface area contributed by atoms with Gasteiger partial charge in [0.2, 0.25) is 0 Å². The van der Waals surface area contributed by atoms with E-state index >= 15 is 0 Å². The zero-order chi connectivity index (χ0) is 18.8. The summed E-state index contributed by atoms with van der Waals surface area (Å²) in [5.41, 5.74) is 14.8. The summed E-state index contributed by atoms with van der Waals surface area (Å²) in [6.07, 6.45) is -1.76. The van der Waals surface area contributed by atoms with Crippen molar-refractivity contribution in [2.45, 2.75) is 38.7 Å². The van der Waals surface area contributed by atoms with E-state index in [1.54, 1.807) is 24.4 Å². The predicted octanol–water partition coefficient (Wildman–Crippen LogP) is 2.33. The van der Waals surface area contributed by atoms with Crippen LogP contribution in [-0.4, -0.2) is 28.0 Å². The zero-order valence-electron chi connectivity index (χ0n) is 14.4. The number of aliphatic hydroxyl groups is 1. The van der Waals surface area contributed by atoms with Crippen molar-refractivity contribution in [1.29, 1.82) is 0 Å². The van der Waals surface area contributed by atoms with Gasteiger partial charge in [-0.1, -0.05) is 6.07 Å². The fourth-order valence-corrected chi connectivity index (χ4v) is 3.24. The minimum absolute atomic E-state index is 0.147. The normalized spacial score (nSPS) is 18.2. The first kappa shape index (κ1) is 18.5. The number of anilines is 1.